The van der Waals surface area contributed by atoms with Gasteiger partial charge in [-0.2, -0.15) is 0 Å². The van der Waals surface area contributed by atoms with Crippen molar-refractivity contribution in [1.29, 1.82) is 0 Å². The topological polar surface area (TPSA) is 110 Å². The fourth-order valence-electron chi connectivity index (χ4n) is 3.14. The molecule has 0 saturated heterocycles. The SMILES string of the molecule is CSc1ccc(CN(C)C(=O)c2ccc(NS(=O)(=O)c3ccc(C)c([N+](=O)[O-])c3)cc2)cc1. The monoisotopic (exact) mass is 485 g/mol. The number of aryl methyl sites for hydroxylation is 1. The zero-order valence-corrected chi connectivity index (χ0v) is 19.9. The van der Waals surface area contributed by atoms with Gasteiger partial charge in [0, 0.05) is 41.4 Å². The van der Waals surface area contributed by atoms with Crippen LogP contribution in [0.1, 0.15) is 21.5 Å². The number of carbonyl (C=O) groups is 1. The van der Waals surface area contributed by atoms with Crippen molar-refractivity contribution >= 4 is 39.1 Å². The van der Waals surface area contributed by atoms with Gasteiger partial charge in [0.25, 0.3) is 21.6 Å². The first-order valence-electron chi connectivity index (χ1n) is 9.87. The molecule has 0 aliphatic heterocycles. The lowest BCUT2D eigenvalue weighted by molar-refractivity contribution is -0.385. The summed E-state index contributed by atoms with van der Waals surface area (Å²) in [6.45, 7) is 1.97. The fraction of sp³-hybridized carbons (Fsp3) is 0.174. The Balaban J connectivity index is 1.70. The van der Waals surface area contributed by atoms with Gasteiger partial charge in [-0.05, 0) is 61.2 Å². The number of carbonyl (C=O) groups excluding carboxylic acids is 1. The van der Waals surface area contributed by atoms with Gasteiger partial charge in [0.15, 0.2) is 0 Å². The van der Waals surface area contributed by atoms with Gasteiger partial charge < -0.3 is 4.90 Å². The molecule has 172 valence electrons. The molecule has 0 atom stereocenters. The van der Waals surface area contributed by atoms with E-state index in [4.69, 9.17) is 0 Å². The molecule has 8 nitrogen and oxygen atoms in total. The minimum atomic E-state index is -4.03. The minimum Gasteiger partial charge on any atom is -0.337 e. The first-order chi connectivity index (χ1) is 15.6. The number of nitro benzene ring substituents is 1. The van der Waals surface area contributed by atoms with Crippen LogP contribution in [-0.2, 0) is 16.6 Å². The number of thioether (sulfide) groups is 1. The number of hydrogen-bond acceptors (Lipinski definition) is 6. The Morgan fingerprint density at radius 3 is 2.27 bits per heavy atom. The second-order valence-electron chi connectivity index (χ2n) is 7.40. The van der Waals surface area contributed by atoms with Gasteiger partial charge in [0.1, 0.15) is 0 Å². The highest BCUT2D eigenvalue weighted by atomic mass is 32.2. The number of nitrogens with one attached hydrogen (secondary N) is 1. The highest BCUT2D eigenvalue weighted by Gasteiger charge is 2.20. The maximum absolute atomic E-state index is 12.7. The molecule has 3 rings (SSSR count). The van der Waals surface area contributed by atoms with Crippen molar-refractivity contribution in [2.75, 3.05) is 18.0 Å². The van der Waals surface area contributed by atoms with Crippen LogP contribution >= 0.6 is 11.8 Å². The summed E-state index contributed by atoms with van der Waals surface area (Å²) in [6, 6.07) is 17.7. The van der Waals surface area contributed by atoms with E-state index in [1.54, 1.807) is 23.7 Å². The molecule has 10 heteroatoms. The van der Waals surface area contributed by atoms with Crippen LogP contribution in [0.5, 0.6) is 0 Å². The number of sulfonamides is 1. The Kier molecular flexibility index (Phi) is 7.39. The molecule has 0 bridgehead atoms. The maximum Gasteiger partial charge on any atom is 0.273 e. The number of nitrogens with zero attached hydrogens (tertiary/aromatic N) is 2. The molecule has 0 spiro atoms. The standard InChI is InChI=1S/C23H23N3O5S2/c1-16-4-13-21(14-22(16)26(28)29)33(30,31)24-19-9-7-18(8-10-19)23(27)25(2)15-17-5-11-20(32-3)12-6-17/h4-14,24H,15H2,1-3H3. The van der Waals surface area contributed by atoms with E-state index in [0.29, 0.717) is 17.7 Å². The molecule has 3 aromatic rings. The van der Waals surface area contributed by atoms with Crippen LogP contribution in [0.25, 0.3) is 0 Å². The van der Waals surface area contributed by atoms with Gasteiger partial charge in [-0.15, -0.1) is 11.8 Å². The summed E-state index contributed by atoms with van der Waals surface area (Å²) in [5, 5.41) is 11.1. The number of amides is 1. The average Bonchev–Trinajstić information content (AvgIpc) is 2.79. The van der Waals surface area contributed by atoms with E-state index in [9.17, 15) is 23.3 Å². The zero-order chi connectivity index (χ0) is 24.2. The van der Waals surface area contributed by atoms with E-state index in [2.05, 4.69) is 4.72 Å². The summed E-state index contributed by atoms with van der Waals surface area (Å²) in [7, 11) is -2.33. The third-order valence-electron chi connectivity index (χ3n) is 5.00. The Morgan fingerprint density at radius 2 is 1.70 bits per heavy atom. The van der Waals surface area contributed by atoms with Gasteiger partial charge in [-0.25, -0.2) is 8.42 Å². The van der Waals surface area contributed by atoms with E-state index in [-0.39, 0.29) is 22.2 Å². The zero-order valence-electron chi connectivity index (χ0n) is 18.3. The van der Waals surface area contributed by atoms with Crippen LogP contribution in [0.4, 0.5) is 11.4 Å². The van der Waals surface area contributed by atoms with Crippen molar-refractivity contribution in [3.63, 3.8) is 0 Å². The van der Waals surface area contributed by atoms with Crippen LogP contribution in [0.15, 0.2) is 76.5 Å². The van der Waals surface area contributed by atoms with E-state index in [1.165, 1.54) is 43.3 Å². The molecular formula is C23H23N3O5S2. The maximum atomic E-state index is 12.7. The molecule has 0 aliphatic carbocycles. The van der Waals surface area contributed by atoms with Crippen molar-refractivity contribution in [1.82, 2.24) is 4.90 Å². The normalized spacial score (nSPS) is 11.1. The summed E-state index contributed by atoms with van der Waals surface area (Å²) < 4.78 is 27.7. The van der Waals surface area contributed by atoms with E-state index >= 15 is 0 Å². The molecule has 0 aromatic heterocycles. The van der Waals surface area contributed by atoms with Crippen LogP contribution < -0.4 is 4.72 Å². The van der Waals surface area contributed by atoms with Gasteiger partial charge in [-0.3, -0.25) is 19.6 Å². The Hall–Kier alpha value is -3.37. The first kappa shape index (κ1) is 24.3. The second kappa shape index (κ2) is 10.1. The van der Waals surface area contributed by atoms with Gasteiger partial charge >= 0.3 is 0 Å². The van der Waals surface area contributed by atoms with Crippen LogP contribution in [0.3, 0.4) is 0 Å². The van der Waals surface area contributed by atoms with Gasteiger partial charge in [-0.1, -0.05) is 18.2 Å². The predicted octanol–water partition coefficient (Wildman–Crippen LogP) is 4.70. The lowest BCUT2D eigenvalue weighted by Crippen LogP contribution is -2.26. The van der Waals surface area contributed by atoms with Crippen LogP contribution in [-0.4, -0.2) is 37.5 Å². The lowest BCUT2D eigenvalue weighted by Gasteiger charge is -2.18. The summed E-state index contributed by atoms with van der Waals surface area (Å²) >= 11 is 1.65. The highest BCUT2D eigenvalue weighted by molar-refractivity contribution is 7.98. The molecule has 0 heterocycles. The van der Waals surface area contributed by atoms with Crippen molar-refractivity contribution in [3.05, 3.63) is 93.5 Å². The Bertz CT molecular complexity index is 1270. The van der Waals surface area contributed by atoms with E-state index in [1.807, 2.05) is 30.5 Å². The summed E-state index contributed by atoms with van der Waals surface area (Å²) in [5.74, 6) is -0.201. The third-order valence-corrected chi connectivity index (χ3v) is 7.12. The summed E-state index contributed by atoms with van der Waals surface area (Å²) in [6.07, 6.45) is 2.00. The van der Waals surface area contributed by atoms with Crippen molar-refractivity contribution in [2.45, 2.75) is 23.3 Å². The molecule has 0 saturated carbocycles. The predicted molar refractivity (Wildman–Crippen MR) is 129 cm³/mol. The van der Waals surface area contributed by atoms with Crippen molar-refractivity contribution in [3.8, 4) is 0 Å². The largest absolute Gasteiger partial charge is 0.337 e. The number of hydrogen-bond donors (Lipinski definition) is 1. The molecule has 33 heavy (non-hydrogen) atoms. The Morgan fingerprint density at radius 1 is 1.06 bits per heavy atom. The smallest absolute Gasteiger partial charge is 0.273 e. The van der Waals surface area contributed by atoms with E-state index < -0.39 is 14.9 Å². The third kappa shape index (κ3) is 5.91. The fourth-order valence-corrected chi connectivity index (χ4v) is 4.63. The Labute approximate surface area is 196 Å². The molecule has 0 fully saturated rings. The number of nitro groups is 1. The molecule has 1 N–H and O–H groups in total. The molecular weight excluding hydrogens is 462 g/mol. The molecule has 0 unspecified atom stereocenters. The summed E-state index contributed by atoms with van der Waals surface area (Å²) in [4.78, 5) is 25.7. The van der Waals surface area contributed by atoms with Crippen molar-refractivity contribution in [2.24, 2.45) is 0 Å². The molecule has 0 radical (unpaired) electrons. The lowest BCUT2D eigenvalue weighted by atomic mass is 10.1. The van der Waals surface area contributed by atoms with Crippen molar-refractivity contribution < 1.29 is 18.1 Å². The molecule has 0 aliphatic rings. The number of anilines is 1. The molecule has 3 aromatic carbocycles. The minimum absolute atomic E-state index is 0.201. The average molecular weight is 486 g/mol. The second-order valence-corrected chi connectivity index (χ2v) is 9.96. The first-order valence-corrected chi connectivity index (χ1v) is 12.6. The quantitative estimate of drug-likeness (QED) is 0.281. The van der Waals surface area contributed by atoms with Gasteiger partial charge in [0.2, 0.25) is 0 Å². The van der Waals surface area contributed by atoms with Crippen LogP contribution in [0, 0.1) is 17.0 Å². The number of rotatable bonds is 8. The number of benzene rings is 3. The van der Waals surface area contributed by atoms with E-state index in [0.717, 1.165) is 16.5 Å². The highest BCUT2D eigenvalue weighted by Crippen LogP contribution is 2.24. The van der Waals surface area contributed by atoms with Gasteiger partial charge in [0.05, 0.1) is 9.82 Å². The summed E-state index contributed by atoms with van der Waals surface area (Å²) in [5.41, 5.74) is 1.74. The molecule has 1 amide bonds. The van der Waals surface area contributed by atoms with Crippen LogP contribution in [0.2, 0.25) is 0 Å².